The van der Waals surface area contributed by atoms with E-state index in [2.05, 4.69) is 15.9 Å². The summed E-state index contributed by atoms with van der Waals surface area (Å²) in [4.78, 5) is 11.5. The van der Waals surface area contributed by atoms with Crippen LogP contribution in [0.4, 0.5) is 0 Å². The normalized spacial score (nSPS) is 18.3. The lowest BCUT2D eigenvalue weighted by molar-refractivity contribution is 0.0993. The summed E-state index contributed by atoms with van der Waals surface area (Å²) < 4.78 is 6.47. The van der Waals surface area contributed by atoms with Gasteiger partial charge in [-0.3, -0.25) is 4.79 Å². The molecule has 4 N–H and O–H groups in total. The zero-order valence-electron chi connectivity index (χ0n) is 11.5. The molecule has 5 heteroatoms. The number of hydrogen-bond donors (Lipinski definition) is 2. The van der Waals surface area contributed by atoms with E-state index in [-0.39, 0.29) is 5.54 Å². The summed E-state index contributed by atoms with van der Waals surface area (Å²) in [5.74, 6) is 0.000333. The molecule has 0 aliphatic heterocycles. The standard InChI is InChI=1S/C15H21BrN2O2/c16-11-6-5-7-12(13(11)14(17)19)20-10-15(18)8-3-1-2-4-9-15/h5-7H,1-4,8-10,18H2,(H2,17,19). The van der Waals surface area contributed by atoms with E-state index < -0.39 is 5.91 Å². The van der Waals surface area contributed by atoms with E-state index in [4.69, 9.17) is 16.2 Å². The van der Waals surface area contributed by atoms with Crippen molar-refractivity contribution in [3.05, 3.63) is 28.2 Å². The van der Waals surface area contributed by atoms with E-state index >= 15 is 0 Å². The van der Waals surface area contributed by atoms with Gasteiger partial charge in [0.15, 0.2) is 0 Å². The van der Waals surface area contributed by atoms with Crippen LogP contribution in [0.15, 0.2) is 22.7 Å². The number of primary amides is 1. The Hall–Kier alpha value is -1.07. The lowest BCUT2D eigenvalue weighted by Crippen LogP contribution is -2.45. The lowest BCUT2D eigenvalue weighted by Gasteiger charge is -2.28. The van der Waals surface area contributed by atoms with Gasteiger partial charge in [-0.05, 0) is 40.9 Å². The molecule has 0 radical (unpaired) electrons. The molecule has 0 saturated heterocycles. The fraction of sp³-hybridized carbons (Fsp3) is 0.533. The number of rotatable bonds is 4. The second-order valence-corrected chi connectivity index (χ2v) is 6.40. The van der Waals surface area contributed by atoms with Crippen LogP contribution in [0.1, 0.15) is 48.9 Å². The maximum absolute atomic E-state index is 11.5. The van der Waals surface area contributed by atoms with E-state index in [0.29, 0.717) is 22.4 Å². The Morgan fingerprint density at radius 3 is 2.50 bits per heavy atom. The van der Waals surface area contributed by atoms with Gasteiger partial charge < -0.3 is 16.2 Å². The fourth-order valence-electron chi connectivity index (χ4n) is 2.66. The van der Waals surface area contributed by atoms with Crippen molar-refractivity contribution in [2.75, 3.05) is 6.61 Å². The Labute approximate surface area is 128 Å². The first-order valence-corrected chi connectivity index (χ1v) is 7.81. The molecule has 4 nitrogen and oxygen atoms in total. The molecule has 0 atom stereocenters. The minimum atomic E-state index is -0.501. The summed E-state index contributed by atoms with van der Waals surface area (Å²) in [6.45, 7) is 0.420. The van der Waals surface area contributed by atoms with Crippen LogP contribution < -0.4 is 16.2 Å². The Morgan fingerprint density at radius 1 is 1.25 bits per heavy atom. The molecule has 0 heterocycles. The Balaban J connectivity index is 2.10. The number of benzene rings is 1. The first kappa shape index (κ1) is 15.3. The van der Waals surface area contributed by atoms with E-state index in [1.54, 1.807) is 12.1 Å². The summed E-state index contributed by atoms with van der Waals surface area (Å²) in [6, 6.07) is 5.35. The highest BCUT2D eigenvalue weighted by atomic mass is 79.9. The minimum absolute atomic E-state index is 0.298. The number of carbonyl (C=O) groups is 1. The molecule has 1 fully saturated rings. The van der Waals surface area contributed by atoms with Gasteiger partial charge in [0.05, 0.1) is 11.1 Å². The van der Waals surface area contributed by atoms with Gasteiger partial charge >= 0.3 is 0 Å². The van der Waals surface area contributed by atoms with Gasteiger partial charge in [0.1, 0.15) is 12.4 Å². The van der Waals surface area contributed by atoms with Crippen LogP contribution in [0.25, 0.3) is 0 Å². The molecule has 1 amide bonds. The molecule has 20 heavy (non-hydrogen) atoms. The van der Waals surface area contributed by atoms with Crippen molar-refractivity contribution in [3.8, 4) is 5.75 Å². The molecule has 2 rings (SSSR count). The summed E-state index contributed by atoms with van der Waals surface area (Å²) in [5, 5.41) is 0. The molecule has 1 saturated carbocycles. The van der Waals surface area contributed by atoms with E-state index in [1.165, 1.54) is 12.8 Å². The van der Waals surface area contributed by atoms with Gasteiger partial charge in [-0.25, -0.2) is 0 Å². The van der Waals surface area contributed by atoms with Gasteiger partial charge in [0.25, 0.3) is 5.91 Å². The Kier molecular flexibility index (Phi) is 5.05. The molecule has 110 valence electrons. The molecule has 1 aliphatic carbocycles. The fourth-order valence-corrected chi connectivity index (χ4v) is 3.21. The highest BCUT2D eigenvalue weighted by Crippen LogP contribution is 2.29. The van der Waals surface area contributed by atoms with Gasteiger partial charge in [0.2, 0.25) is 0 Å². The van der Waals surface area contributed by atoms with Crippen LogP contribution in [0.3, 0.4) is 0 Å². The van der Waals surface area contributed by atoms with Crippen molar-refractivity contribution in [1.29, 1.82) is 0 Å². The average molecular weight is 341 g/mol. The molecular formula is C15H21BrN2O2. The maximum Gasteiger partial charge on any atom is 0.253 e. The smallest absolute Gasteiger partial charge is 0.253 e. The first-order valence-electron chi connectivity index (χ1n) is 7.02. The van der Waals surface area contributed by atoms with E-state index in [9.17, 15) is 4.79 Å². The molecule has 0 aromatic heterocycles. The number of carbonyl (C=O) groups excluding carboxylic acids is 1. The molecule has 1 aromatic rings. The number of amides is 1. The zero-order valence-corrected chi connectivity index (χ0v) is 13.1. The van der Waals surface area contributed by atoms with Crippen LogP contribution in [0.2, 0.25) is 0 Å². The second-order valence-electron chi connectivity index (χ2n) is 5.54. The van der Waals surface area contributed by atoms with Crippen molar-refractivity contribution >= 4 is 21.8 Å². The summed E-state index contributed by atoms with van der Waals surface area (Å²) in [5.41, 5.74) is 11.9. The molecule has 0 bridgehead atoms. The SMILES string of the molecule is NC(=O)c1c(Br)cccc1OCC1(N)CCCCCC1. The monoisotopic (exact) mass is 340 g/mol. The van der Waals surface area contributed by atoms with Crippen LogP contribution in [0, 0.1) is 0 Å². The third-order valence-electron chi connectivity index (χ3n) is 3.84. The first-order chi connectivity index (χ1) is 9.52. The maximum atomic E-state index is 11.5. The lowest BCUT2D eigenvalue weighted by atomic mass is 9.92. The van der Waals surface area contributed by atoms with Crippen LogP contribution in [-0.2, 0) is 0 Å². The third-order valence-corrected chi connectivity index (χ3v) is 4.50. The molecular weight excluding hydrogens is 320 g/mol. The van der Waals surface area contributed by atoms with E-state index in [1.807, 2.05) is 6.07 Å². The summed E-state index contributed by atoms with van der Waals surface area (Å²) in [7, 11) is 0. The van der Waals surface area contributed by atoms with Crippen LogP contribution in [-0.4, -0.2) is 18.1 Å². The molecule has 1 aliphatic rings. The summed E-state index contributed by atoms with van der Waals surface area (Å²) >= 11 is 3.33. The Morgan fingerprint density at radius 2 is 1.90 bits per heavy atom. The molecule has 1 aromatic carbocycles. The van der Waals surface area contributed by atoms with Gasteiger partial charge in [0, 0.05) is 4.47 Å². The third kappa shape index (κ3) is 3.73. The van der Waals surface area contributed by atoms with Crippen LogP contribution in [0.5, 0.6) is 5.75 Å². The molecule has 0 unspecified atom stereocenters. The van der Waals surface area contributed by atoms with Crippen molar-refractivity contribution in [2.24, 2.45) is 11.5 Å². The zero-order chi connectivity index (χ0) is 14.6. The van der Waals surface area contributed by atoms with Crippen molar-refractivity contribution in [3.63, 3.8) is 0 Å². The van der Waals surface area contributed by atoms with Crippen molar-refractivity contribution in [1.82, 2.24) is 0 Å². The topological polar surface area (TPSA) is 78.3 Å². The number of nitrogens with two attached hydrogens (primary N) is 2. The van der Waals surface area contributed by atoms with Gasteiger partial charge in [-0.15, -0.1) is 0 Å². The van der Waals surface area contributed by atoms with E-state index in [0.717, 1.165) is 25.7 Å². The highest BCUT2D eigenvalue weighted by Gasteiger charge is 2.27. The number of halogens is 1. The van der Waals surface area contributed by atoms with Gasteiger partial charge in [-0.2, -0.15) is 0 Å². The van der Waals surface area contributed by atoms with Crippen molar-refractivity contribution < 1.29 is 9.53 Å². The highest BCUT2D eigenvalue weighted by molar-refractivity contribution is 9.10. The number of hydrogen-bond acceptors (Lipinski definition) is 3. The van der Waals surface area contributed by atoms with Crippen molar-refractivity contribution in [2.45, 2.75) is 44.1 Å². The largest absolute Gasteiger partial charge is 0.491 e. The predicted molar refractivity (Wildman–Crippen MR) is 82.8 cm³/mol. The minimum Gasteiger partial charge on any atom is -0.491 e. The predicted octanol–water partition coefficient (Wildman–Crippen LogP) is 2.98. The molecule has 0 spiro atoms. The summed E-state index contributed by atoms with van der Waals surface area (Å²) in [6.07, 6.45) is 6.69. The average Bonchev–Trinajstić information content (AvgIpc) is 2.61. The second kappa shape index (κ2) is 6.59. The Bertz CT molecular complexity index is 483. The number of ether oxygens (including phenoxy) is 1. The van der Waals surface area contributed by atoms with Gasteiger partial charge in [-0.1, -0.05) is 31.7 Å². The quantitative estimate of drug-likeness (QED) is 0.827. The van der Waals surface area contributed by atoms with Crippen LogP contribution >= 0.6 is 15.9 Å².